The van der Waals surface area contributed by atoms with Crippen LogP contribution >= 0.6 is 0 Å². The van der Waals surface area contributed by atoms with Gasteiger partial charge in [-0.1, -0.05) is 19.1 Å². The van der Waals surface area contributed by atoms with E-state index in [9.17, 15) is 9.18 Å². The van der Waals surface area contributed by atoms with E-state index in [1.54, 1.807) is 24.3 Å². The summed E-state index contributed by atoms with van der Waals surface area (Å²) < 4.78 is 19.1. The van der Waals surface area contributed by atoms with Gasteiger partial charge in [0.15, 0.2) is 0 Å². The first-order chi connectivity index (χ1) is 10.7. The average molecular weight is 299 g/mol. The summed E-state index contributed by atoms with van der Waals surface area (Å²) >= 11 is 0. The van der Waals surface area contributed by atoms with Crippen molar-refractivity contribution >= 4 is 11.6 Å². The van der Waals surface area contributed by atoms with E-state index >= 15 is 0 Å². The lowest BCUT2D eigenvalue weighted by Crippen LogP contribution is -2.13. The highest BCUT2D eigenvalue weighted by Crippen LogP contribution is 2.28. The zero-order chi connectivity index (χ0) is 15.5. The Hall–Kier alpha value is -2.89. The smallest absolute Gasteiger partial charge is 0.259 e. The summed E-state index contributed by atoms with van der Waals surface area (Å²) in [7, 11) is 0. The average Bonchev–Trinajstić information content (AvgIpc) is 3.16. The summed E-state index contributed by atoms with van der Waals surface area (Å²) in [6, 6.07) is 7.90. The number of aromatic nitrogens is 2. The van der Waals surface area contributed by atoms with Gasteiger partial charge in [0, 0.05) is 12.0 Å². The molecular formula is C16H14FN3O2. The van der Waals surface area contributed by atoms with Gasteiger partial charge in [-0.15, -0.1) is 0 Å². The van der Waals surface area contributed by atoms with E-state index < -0.39 is 0 Å². The van der Waals surface area contributed by atoms with E-state index in [-0.39, 0.29) is 11.7 Å². The highest BCUT2D eigenvalue weighted by molar-refractivity contribution is 6.06. The summed E-state index contributed by atoms with van der Waals surface area (Å²) in [5, 5.41) is 9.33. The van der Waals surface area contributed by atoms with E-state index in [4.69, 9.17) is 4.42 Å². The lowest BCUT2D eigenvalue weighted by molar-refractivity contribution is 0.102. The predicted molar refractivity (Wildman–Crippen MR) is 80.0 cm³/mol. The Morgan fingerprint density at radius 2 is 2.18 bits per heavy atom. The molecule has 3 rings (SSSR count). The molecule has 0 atom stereocenters. The predicted octanol–water partition coefficient (Wildman–Crippen LogP) is 3.62. The highest BCUT2D eigenvalue weighted by Gasteiger charge is 2.17. The standard InChI is InChI=1S/C16H14FN3O2/c1-2-14-11(7-8-22-14)16(21)19-13-9-18-20-15(13)10-5-3-4-6-12(10)17/h3-9H,2H2,1H3,(H,18,20)(H,19,21). The zero-order valence-electron chi connectivity index (χ0n) is 11.9. The fraction of sp³-hybridized carbons (Fsp3) is 0.125. The number of carbonyl (C=O) groups excluding carboxylic acids is 1. The third-order valence-electron chi connectivity index (χ3n) is 3.34. The topological polar surface area (TPSA) is 70.9 Å². The second kappa shape index (κ2) is 5.85. The number of hydrogen-bond acceptors (Lipinski definition) is 3. The number of hydrogen-bond donors (Lipinski definition) is 2. The zero-order valence-corrected chi connectivity index (χ0v) is 11.9. The first kappa shape index (κ1) is 14.1. The second-order valence-electron chi connectivity index (χ2n) is 4.70. The van der Waals surface area contributed by atoms with Gasteiger partial charge in [0.1, 0.15) is 11.6 Å². The van der Waals surface area contributed by atoms with Crippen molar-refractivity contribution in [2.45, 2.75) is 13.3 Å². The number of H-pyrrole nitrogens is 1. The molecule has 0 spiro atoms. The first-order valence-corrected chi connectivity index (χ1v) is 6.86. The lowest BCUT2D eigenvalue weighted by atomic mass is 10.1. The van der Waals surface area contributed by atoms with E-state index in [0.717, 1.165) is 0 Å². The molecular weight excluding hydrogens is 285 g/mol. The molecule has 5 nitrogen and oxygen atoms in total. The van der Waals surface area contributed by atoms with Crippen molar-refractivity contribution < 1.29 is 13.6 Å². The normalized spacial score (nSPS) is 10.6. The van der Waals surface area contributed by atoms with Gasteiger partial charge in [-0.3, -0.25) is 9.89 Å². The fourth-order valence-corrected chi connectivity index (χ4v) is 2.26. The van der Waals surface area contributed by atoms with Crippen LogP contribution in [0.2, 0.25) is 0 Å². The van der Waals surface area contributed by atoms with Crippen LogP contribution in [0.5, 0.6) is 0 Å². The van der Waals surface area contributed by atoms with Gasteiger partial charge in [0.25, 0.3) is 5.91 Å². The molecule has 22 heavy (non-hydrogen) atoms. The number of amides is 1. The van der Waals surface area contributed by atoms with Gasteiger partial charge in [0.05, 0.1) is 29.4 Å². The second-order valence-corrected chi connectivity index (χ2v) is 4.70. The van der Waals surface area contributed by atoms with Crippen LogP contribution < -0.4 is 5.32 Å². The van der Waals surface area contributed by atoms with Crippen LogP contribution in [-0.2, 0) is 6.42 Å². The van der Waals surface area contributed by atoms with Crippen LogP contribution in [0.25, 0.3) is 11.3 Å². The van der Waals surface area contributed by atoms with Crippen LogP contribution in [0.3, 0.4) is 0 Å². The van der Waals surface area contributed by atoms with Gasteiger partial charge in [-0.2, -0.15) is 5.10 Å². The van der Waals surface area contributed by atoms with Crippen molar-refractivity contribution in [3.05, 3.63) is 59.9 Å². The number of benzene rings is 1. The SMILES string of the molecule is CCc1occc1C(=O)Nc1cn[nH]c1-c1ccccc1F. The quantitative estimate of drug-likeness (QED) is 0.773. The van der Waals surface area contributed by atoms with Crippen molar-refractivity contribution in [2.24, 2.45) is 0 Å². The molecule has 0 aliphatic rings. The summed E-state index contributed by atoms with van der Waals surface area (Å²) in [5.74, 6) is -0.0992. The van der Waals surface area contributed by atoms with Gasteiger partial charge in [-0.25, -0.2) is 4.39 Å². The minimum atomic E-state index is -0.389. The molecule has 0 bridgehead atoms. The van der Waals surface area contributed by atoms with Crippen molar-refractivity contribution in [3.8, 4) is 11.3 Å². The molecule has 0 unspecified atom stereocenters. The molecule has 112 valence electrons. The molecule has 0 saturated carbocycles. The number of nitrogens with one attached hydrogen (secondary N) is 2. The number of aromatic amines is 1. The minimum absolute atomic E-state index is 0.315. The van der Waals surface area contributed by atoms with Crippen molar-refractivity contribution in [3.63, 3.8) is 0 Å². The number of aryl methyl sites for hydroxylation is 1. The maximum absolute atomic E-state index is 13.9. The molecule has 0 aliphatic heterocycles. The summed E-state index contributed by atoms with van der Waals surface area (Å²) in [6.45, 7) is 1.90. The molecule has 6 heteroatoms. The first-order valence-electron chi connectivity index (χ1n) is 6.86. The third kappa shape index (κ3) is 2.50. The molecule has 2 N–H and O–H groups in total. The fourth-order valence-electron chi connectivity index (χ4n) is 2.26. The van der Waals surface area contributed by atoms with E-state index in [0.29, 0.717) is 34.7 Å². The van der Waals surface area contributed by atoms with Crippen LogP contribution in [-0.4, -0.2) is 16.1 Å². The number of rotatable bonds is 4. The molecule has 1 amide bonds. The maximum atomic E-state index is 13.9. The van der Waals surface area contributed by atoms with E-state index in [2.05, 4.69) is 15.5 Å². The van der Waals surface area contributed by atoms with Crippen molar-refractivity contribution in [2.75, 3.05) is 5.32 Å². The van der Waals surface area contributed by atoms with Crippen LogP contribution in [0.4, 0.5) is 10.1 Å². The maximum Gasteiger partial charge on any atom is 0.259 e. The monoisotopic (exact) mass is 299 g/mol. The summed E-state index contributed by atoms with van der Waals surface area (Å²) in [6.07, 6.45) is 3.54. The molecule has 3 aromatic rings. The van der Waals surface area contributed by atoms with E-state index in [1.807, 2.05) is 6.92 Å². The largest absolute Gasteiger partial charge is 0.469 e. The molecule has 2 heterocycles. The van der Waals surface area contributed by atoms with Gasteiger partial charge in [0.2, 0.25) is 0 Å². The Labute approximate surface area is 126 Å². The highest BCUT2D eigenvalue weighted by atomic mass is 19.1. The van der Waals surface area contributed by atoms with Crippen molar-refractivity contribution in [1.29, 1.82) is 0 Å². The third-order valence-corrected chi connectivity index (χ3v) is 3.34. The number of nitrogens with zero attached hydrogens (tertiary/aromatic N) is 1. The van der Waals surface area contributed by atoms with Crippen molar-refractivity contribution in [1.82, 2.24) is 10.2 Å². The Morgan fingerprint density at radius 1 is 1.36 bits per heavy atom. The Balaban J connectivity index is 1.90. The summed E-state index contributed by atoms with van der Waals surface area (Å²) in [5.41, 5.74) is 1.65. The number of anilines is 1. The molecule has 2 aromatic heterocycles. The molecule has 1 aromatic carbocycles. The minimum Gasteiger partial charge on any atom is -0.469 e. The van der Waals surface area contributed by atoms with Gasteiger partial charge < -0.3 is 9.73 Å². The number of carbonyl (C=O) groups is 1. The molecule has 0 aliphatic carbocycles. The van der Waals surface area contributed by atoms with Gasteiger partial charge in [-0.05, 0) is 18.2 Å². The van der Waals surface area contributed by atoms with Crippen LogP contribution in [0, 0.1) is 5.82 Å². The number of halogens is 1. The lowest BCUT2D eigenvalue weighted by Gasteiger charge is -2.06. The van der Waals surface area contributed by atoms with Gasteiger partial charge >= 0.3 is 0 Å². The van der Waals surface area contributed by atoms with Crippen LogP contribution in [0.15, 0.2) is 47.2 Å². The Bertz CT molecular complexity index is 807. The van der Waals surface area contributed by atoms with E-state index in [1.165, 1.54) is 18.5 Å². The molecule has 0 fully saturated rings. The Morgan fingerprint density at radius 3 is 2.95 bits per heavy atom. The number of furan rings is 1. The summed E-state index contributed by atoms with van der Waals surface area (Å²) in [4.78, 5) is 12.3. The molecule has 0 saturated heterocycles. The molecule has 0 radical (unpaired) electrons. The van der Waals surface area contributed by atoms with Crippen LogP contribution in [0.1, 0.15) is 23.0 Å². The Kier molecular flexibility index (Phi) is 3.74.